The summed E-state index contributed by atoms with van der Waals surface area (Å²) >= 11 is 0. The first kappa shape index (κ1) is 17.6. The summed E-state index contributed by atoms with van der Waals surface area (Å²) < 4.78 is 72.0. The van der Waals surface area contributed by atoms with Crippen molar-refractivity contribution in [2.75, 3.05) is 0 Å². The van der Waals surface area contributed by atoms with Crippen LogP contribution in [0, 0.1) is 11.2 Å². The zero-order chi connectivity index (χ0) is 16.6. The first-order valence-electron chi connectivity index (χ1n) is 6.60. The number of hydrogen-bond acceptors (Lipinski definition) is 6. The Bertz CT molecular complexity index is 798. The quantitative estimate of drug-likeness (QED) is 0.435. The maximum Gasteiger partial charge on any atom is 0.295 e. The molecule has 0 aromatic carbocycles. The number of hydrogen-bond donors (Lipinski definition) is 2. The van der Waals surface area contributed by atoms with Crippen LogP contribution in [0.2, 0.25) is 0 Å². The molecule has 2 saturated carbocycles. The Balaban J connectivity index is 2.29. The summed E-state index contributed by atoms with van der Waals surface area (Å²) in [7, 11) is -12.4. The van der Waals surface area contributed by atoms with E-state index in [0.29, 0.717) is 32.1 Å². The molecule has 0 atom stereocenters. The molecule has 2 fully saturated rings. The van der Waals surface area contributed by atoms with Gasteiger partial charge in [0.15, 0.2) is 0 Å². The standard InChI is InChI=1S/C10H17N3O6S3/c1-2-8-20(14,15)11-13(12-21(16,17)9-6-7-9)22(18,19)10-4-3-5-10/h9-12H,3-7H2,1H3. The fraction of sp³-hybridized carbons (Fsp3) is 0.800. The molecule has 2 aliphatic rings. The third-order valence-corrected chi connectivity index (χ3v) is 8.26. The van der Waals surface area contributed by atoms with E-state index in [9.17, 15) is 25.3 Å². The van der Waals surface area contributed by atoms with Gasteiger partial charge in [0.05, 0.1) is 10.5 Å². The van der Waals surface area contributed by atoms with Crippen LogP contribution in [-0.4, -0.2) is 40.3 Å². The fourth-order valence-corrected chi connectivity index (χ4v) is 6.26. The van der Waals surface area contributed by atoms with E-state index in [1.165, 1.54) is 6.92 Å². The minimum Gasteiger partial charge on any atom is -0.211 e. The molecule has 0 spiro atoms. The molecule has 0 saturated heterocycles. The van der Waals surface area contributed by atoms with Crippen molar-refractivity contribution in [1.82, 2.24) is 14.2 Å². The van der Waals surface area contributed by atoms with Gasteiger partial charge in [0.25, 0.3) is 10.0 Å². The molecule has 0 unspecified atom stereocenters. The van der Waals surface area contributed by atoms with Crippen molar-refractivity contribution in [3.63, 3.8) is 0 Å². The smallest absolute Gasteiger partial charge is 0.211 e. The maximum absolute atomic E-state index is 12.3. The fourth-order valence-electron chi connectivity index (χ4n) is 1.78. The molecule has 2 aliphatic carbocycles. The van der Waals surface area contributed by atoms with Gasteiger partial charge in [-0.1, -0.05) is 12.3 Å². The third kappa shape index (κ3) is 3.98. The van der Waals surface area contributed by atoms with Gasteiger partial charge >= 0.3 is 0 Å². The molecule has 9 nitrogen and oxygen atoms in total. The lowest BCUT2D eigenvalue weighted by molar-refractivity contribution is 0.327. The molecular formula is C10H17N3O6S3. The van der Waals surface area contributed by atoms with Crippen molar-refractivity contribution in [3.8, 4) is 11.2 Å². The van der Waals surface area contributed by atoms with Crippen LogP contribution in [0.15, 0.2) is 0 Å². The highest BCUT2D eigenvalue weighted by Crippen LogP contribution is 2.30. The van der Waals surface area contributed by atoms with E-state index in [1.807, 2.05) is 4.83 Å². The van der Waals surface area contributed by atoms with Gasteiger partial charge in [-0.3, -0.25) is 0 Å². The predicted molar refractivity (Wildman–Crippen MR) is 79.0 cm³/mol. The molecule has 2 rings (SSSR count). The van der Waals surface area contributed by atoms with Crippen molar-refractivity contribution in [3.05, 3.63) is 0 Å². The molecule has 2 N–H and O–H groups in total. The van der Waals surface area contributed by atoms with Crippen molar-refractivity contribution in [1.29, 1.82) is 0 Å². The van der Waals surface area contributed by atoms with E-state index in [1.54, 1.807) is 10.1 Å². The molecule has 22 heavy (non-hydrogen) atoms. The van der Waals surface area contributed by atoms with Gasteiger partial charge in [-0.05, 0) is 37.1 Å². The number of rotatable bonds is 7. The second-order valence-corrected chi connectivity index (χ2v) is 10.5. The van der Waals surface area contributed by atoms with Crippen LogP contribution in [0.4, 0.5) is 0 Å². The second kappa shape index (κ2) is 6.06. The first-order valence-corrected chi connectivity index (χ1v) is 11.1. The van der Waals surface area contributed by atoms with Gasteiger partial charge < -0.3 is 0 Å². The lowest BCUT2D eigenvalue weighted by atomic mass is 10.0. The van der Waals surface area contributed by atoms with Crippen LogP contribution in [0.1, 0.15) is 39.0 Å². The Labute approximate surface area is 130 Å². The minimum atomic E-state index is -4.30. The van der Waals surface area contributed by atoms with E-state index < -0.39 is 40.6 Å². The largest absolute Gasteiger partial charge is 0.295 e. The Morgan fingerprint density at radius 1 is 0.909 bits per heavy atom. The molecule has 0 bridgehead atoms. The summed E-state index contributed by atoms with van der Waals surface area (Å²) in [5.74, 6) is 2.12. The molecular weight excluding hydrogens is 354 g/mol. The number of sulfonamides is 3. The SMILES string of the molecule is CC#CS(=O)(=O)NN(NS(=O)(=O)C1CC1)S(=O)(=O)C1CCC1. The molecule has 12 heteroatoms. The van der Waals surface area contributed by atoms with Crippen LogP contribution in [0.25, 0.3) is 0 Å². The summed E-state index contributed by atoms with van der Waals surface area (Å²) in [6, 6.07) is 0. The lowest BCUT2D eigenvalue weighted by Crippen LogP contribution is -2.59. The van der Waals surface area contributed by atoms with E-state index in [-0.39, 0.29) is 4.52 Å². The zero-order valence-electron chi connectivity index (χ0n) is 11.8. The van der Waals surface area contributed by atoms with Crippen molar-refractivity contribution in [2.45, 2.75) is 49.5 Å². The molecule has 0 amide bonds. The van der Waals surface area contributed by atoms with Gasteiger partial charge in [-0.15, -0.1) is 9.66 Å². The van der Waals surface area contributed by atoms with Gasteiger partial charge in [0, 0.05) is 5.25 Å². The topological polar surface area (TPSA) is 130 Å². The normalized spacial score (nSPS) is 20.3. The van der Waals surface area contributed by atoms with Crippen LogP contribution < -0.4 is 9.66 Å². The van der Waals surface area contributed by atoms with Gasteiger partial charge in [0.1, 0.15) is 0 Å². The molecule has 0 heterocycles. The molecule has 0 radical (unpaired) electrons. The third-order valence-electron chi connectivity index (χ3n) is 3.34. The highest BCUT2D eigenvalue weighted by Gasteiger charge is 2.43. The van der Waals surface area contributed by atoms with Gasteiger partial charge in [-0.2, -0.15) is 8.42 Å². The van der Waals surface area contributed by atoms with Crippen LogP contribution in [0.5, 0.6) is 0 Å². The molecule has 126 valence electrons. The highest BCUT2D eigenvalue weighted by atomic mass is 32.2. The number of nitrogens with zero attached hydrogens (tertiary/aromatic N) is 1. The van der Waals surface area contributed by atoms with E-state index in [4.69, 9.17) is 0 Å². The lowest BCUT2D eigenvalue weighted by Gasteiger charge is -2.31. The summed E-state index contributed by atoms with van der Waals surface area (Å²) in [5, 5.41) is 0.286. The summed E-state index contributed by atoms with van der Waals surface area (Å²) in [4.78, 5) is 3.49. The first-order chi connectivity index (χ1) is 10.1. The Hall–Kier alpha value is -0.710. The molecule has 0 aliphatic heterocycles. The Morgan fingerprint density at radius 3 is 1.91 bits per heavy atom. The van der Waals surface area contributed by atoms with Gasteiger partial charge in [-0.25, -0.2) is 16.8 Å². The van der Waals surface area contributed by atoms with E-state index in [2.05, 4.69) is 5.92 Å². The Kier molecular flexibility index (Phi) is 4.86. The van der Waals surface area contributed by atoms with Crippen LogP contribution in [0.3, 0.4) is 0 Å². The minimum absolute atomic E-state index is 0.0875. The van der Waals surface area contributed by atoms with Crippen LogP contribution in [-0.2, 0) is 30.1 Å². The maximum atomic E-state index is 12.3. The summed E-state index contributed by atoms with van der Waals surface area (Å²) in [6.45, 7) is 1.26. The number of nitrogens with one attached hydrogen (secondary N) is 2. The summed E-state index contributed by atoms with van der Waals surface area (Å²) in [6.07, 6.45) is 2.22. The van der Waals surface area contributed by atoms with Crippen LogP contribution >= 0.6 is 0 Å². The average molecular weight is 371 g/mol. The number of hydrazine groups is 2. The Morgan fingerprint density at radius 2 is 1.50 bits per heavy atom. The van der Waals surface area contributed by atoms with E-state index >= 15 is 0 Å². The zero-order valence-corrected chi connectivity index (χ0v) is 14.3. The summed E-state index contributed by atoms with van der Waals surface area (Å²) in [5.41, 5.74) is 0. The predicted octanol–water partition coefficient (Wildman–Crippen LogP) is -1.02. The average Bonchev–Trinajstić information content (AvgIpc) is 3.07. The van der Waals surface area contributed by atoms with Gasteiger partial charge in [0.2, 0.25) is 20.0 Å². The van der Waals surface area contributed by atoms with Crippen molar-refractivity contribution < 1.29 is 25.3 Å². The van der Waals surface area contributed by atoms with E-state index in [0.717, 1.165) is 0 Å². The molecule has 0 aromatic heterocycles. The second-order valence-electron chi connectivity index (χ2n) is 5.14. The van der Waals surface area contributed by atoms with Crippen molar-refractivity contribution in [2.24, 2.45) is 0 Å². The highest BCUT2D eigenvalue weighted by molar-refractivity contribution is 7.96. The molecule has 0 aromatic rings. The monoisotopic (exact) mass is 371 g/mol. The van der Waals surface area contributed by atoms with Crippen molar-refractivity contribution >= 4 is 30.1 Å².